The standard InChI is InChI=1S/C44H54Cl2N10O6/c1-3-39(30(2)62-42(58)40-5-4-16-54(40)41(57)23-47)56-43(59)55(29-51-56)35-9-7-33(8-10-35)52-17-19-53(20-18-52)34-11-13-36(14-12-34)60-24-31-22-44(61-25-31,26-49-28-50-27-48)37-15-6-32(45)21-38(37)46/h6-15,21,27-31,39-40H,3-5,16-20,22-26,47H2,1-2H3,(H2,48,49,50)/p+1/t30-,31+,39-,40-,44-/m0/s1. The normalized spacial score (nSPS) is 21.5. The molecule has 3 saturated heterocycles. The Morgan fingerprint density at radius 2 is 1.69 bits per heavy atom. The van der Waals surface area contributed by atoms with E-state index in [1.807, 2.05) is 55.5 Å². The van der Waals surface area contributed by atoms with Gasteiger partial charge in [0.2, 0.25) is 12.2 Å². The van der Waals surface area contributed by atoms with Crippen molar-refractivity contribution in [2.75, 3.05) is 68.8 Å². The highest BCUT2D eigenvalue weighted by Crippen LogP contribution is 2.42. The van der Waals surface area contributed by atoms with Crippen LogP contribution in [-0.2, 0) is 24.7 Å². The van der Waals surface area contributed by atoms with Gasteiger partial charge in [0, 0.05) is 65.6 Å². The second-order valence-corrected chi connectivity index (χ2v) is 16.7. The largest absolute Gasteiger partial charge is 0.493 e. The number of aliphatic imine (C=N–C) groups is 1. The molecule has 3 aliphatic heterocycles. The number of carbonyl (C=O) groups is 2. The fraction of sp³-hybridized carbons (Fsp3) is 0.455. The molecule has 7 rings (SSSR count). The van der Waals surface area contributed by atoms with Crippen LogP contribution in [0, 0.1) is 5.92 Å². The predicted octanol–water partition coefficient (Wildman–Crippen LogP) is 2.91. The quantitative estimate of drug-likeness (QED) is 0.0853. The molecule has 4 aromatic rings. The summed E-state index contributed by atoms with van der Waals surface area (Å²) in [5, 5.41) is 5.52. The zero-order chi connectivity index (χ0) is 43.8. The highest BCUT2D eigenvalue weighted by molar-refractivity contribution is 6.35. The summed E-state index contributed by atoms with van der Waals surface area (Å²) in [4.78, 5) is 52.2. The minimum Gasteiger partial charge on any atom is -0.493 e. The van der Waals surface area contributed by atoms with E-state index in [2.05, 4.69) is 37.0 Å². The van der Waals surface area contributed by atoms with Crippen molar-refractivity contribution in [3.05, 3.63) is 99.2 Å². The van der Waals surface area contributed by atoms with Gasteiger partial charge >= 0.3 is 11.7 Å². The molecule has 0 bridgehead atoms. The molecule has 330 valence electrons. The average Bonchev–Trinajstić information content (AvgIpc) is 4.05. The summed E-state index contributed by atoms with van der Waals surface area (Å²) in [7, 11) is 0. The lowest BCUT2D eigenvalue weighted by atomic mass is 9.87. The van der Waals surface area contributed by atoms with E-state index in [1.165, 1.54) is 33.2 Å². The summed E-state index contributed by atoms with van der Waals surface area (Å²) < 4.78 is 21.4. The molecule has 1 aromatic heterocycles. The van der Waals surface area contributed by atoms with Crippen LogP contribution >= 0.6 is 23.2 Å². The third kappa shape index (κ3) is 9.94. The minimum atomic E-state index is -0.680. The Hall–Kier alpha value is -5.42. The Kier molecular flexibility index (Phi) is 14.5. The summed E-state index contributed by atoms with van der Waals surface area (Å²) in [5.41, 5.74) is 13.7. The Labute approximate surface area is 371 Å². The van der Waals surface area contributed by atoms with E-state index in [9.17, 15) is 14.4 Å². The summed E-state index contributed by atoms with van der Waals surface area (Å²) >= 11 is 12.8. The fourth-order valence-electron chi connectivity index (χ4n) is 8.75. The second-order valence-electron chi connectivity index (χ2n) is 15.9. The molecule has 5 atom stereocenters. The molecule has 18 heteroatoms. The van der Waals surface area contributed by atoms with E-state index in [-0.39, 0.29) is 24.1 Å². The van der Waals surface area contributed by atoms with Crippen molar-refractivity contribution < 1.29 is 28.8 Å². The third-order valence-electron chi connectivity index (χ3n) is 12.0. The van der Waals surface area contributed by atoms with Crippen molar-refractivity contribution in [1.29, 1.82) is 0 Å². The number of likely N-dealkylation sites (tertiary alicyclic amines) is 1. The summed E-state index contributed by atoms with van der Waals surface area (Å²) in [6.45, 7) is 8.77. The first-order valence-corrected chi connectivity index (χ1v) is 21.9. The number of anilines is 2. The van der Waals surface area contributed by atoms with Crippen molar-refractivity contribution in [3.8, 4) is 11.4 Å². The van der Waals surface area contributed by atoms with Crippen LogP contribution < -0.4 is 36.7 Å². The second kappa shape index (κ2) is 20.2. The molecule has 0 aliphatic carbocycles. The van der Waals surface area contributed by atoms with Gasteiger partial charge in [0.05, 0.1) is 31.5 Å². The first-order valence-electron chi connectivity index (χ1n) is 21.1. The summed E-state index contributed by atoms with van der Waals surface area (Å²) in [6.07, 6.45) is 6.04. The van der Waals surface area contributed by atoms with Crippen LogP contribution in [0.4, 0.5) is 11.4 Å². The molecule has 0 unspecified atom stereocenters. The van der Waals surface area contributed by atoms with Gasteiger partial charge in [-0.3, -0.25) is 9.79 Å². The van der Waals surface area contributed by atoms with E-state index in [0.29, 0.717) is 67.7 Å². The Bertz CT molecular complexity index is 2280. The van der Waals surface area contributed by atoms with Crippen LogP contribution in [0.3, 0.4) is 0 Å². The Morgan fingerprint density at radius 3 is 2.34 bits per heavy atom. The molecular weight excluding hydrogens is 835 g/mol. The molecule has 62 heavy (non-hydrogen) atoms. The average molecular weight is 891 g/mol. The van der Waals surface area contributed by atoms with Crippen LogP contribution in [0.2, 0.25) is 10.0 Å². The van der Waals surface area contributed by atoms with Gasteiger partial charge in [-0.2, -0.15) is 5.10 Å². The van der Waals surface area contributed by atoms with E-state index in [4.69, 9.17) is 48.9 Å². The molecule has 0 saturated carbocycles. The van der Waals surface area contributed by atoms with Gasteiger partial charge in [-0.1, -0.05) is 36.2 Å². The highest BCUT2D eigenvalue weighted by Gasteiger charge is 2.44. The number of nitrogens with two attached hydrogens (primary N) is 2. The van der Waals surface area contributed by atoms with Crippen LogP contribution in [-0.4, -0.2) is 115 Å². The van der Waals surface area contributed by atoms with Crippen molar-refractivity contribution in [2.45, 2.75) is 63.3 Å². The number of esters is 1. The van der Waals surface area contributed by atoms with Gasteiger partial charge in [-0.15, -0.1) is 0 Å². The fourth-order valence-corrected chi connectivity index (χ4v) is 9.33. The van der Waals surface area contributed by atoms with Crippen molar-refractivity contribution in [3.63, 3.8) is 0 Å². The van der Waals surface area contributed by atoms with Gasteiger partial charge in [-0.05, 0) is 98.3 Å². The number of nitrogens with zero attached hydrogens (tertiary/aromatic N) is 7. The molecule has 1 amide bonds. The lowest BCUT2D eigenvalue weighted by molar-refractivity contribution is -0.478. The first-order chi connectivity index (χ1) is 30.0. The SMILES string of the molecule is CC[C@@H]([C@H](C)OC(=O)[C@@H]1CCCN1C(=O)CN)n1ncn(-c2ccc(N3CCN(c4ccc(OC[C@@H]5CO[C@@](C[NH+]=CN=CN)(c6ccc(Cl)cc6Cl)C5)cc4)CC3)cc2)c1=O. The highest BCUT2D eigenvalue weighted by atomic mass is 35.5. The molecule has 3 fully saturated rings. The van der Waals surface area contributed by atoms with Crippen LogP contribution in [0.1, 0.15) is 51.1 Å². The molecule has 4 heterocycles. The maximum absolute atomic E-state index is 13.6. The molecule has 0 spiro atoms. The number of amides is 1. The van der Waals surface area contributed by atoms with E-state index in [0.717, 1.165) is 48.9 Å². The van der Waals surface area contributed by atoms with Crippen LogP contribution in [0.25, 0.3) is 5.69 Å². The number of halogens is 2. The zero-order valence-electron chi connectivity index (χ0n) is 35.1. The molecular formula is C44H55Cl2N10O6+. The zero-order valence-corrected chi connectivity index (χ0v) is 36.6. The number of benzene rings is 3. The van der Waals surface area contributed by atoms with Crippen molar-refractivity contribution >= 4 is 59.1 Å². The van der Waals surface area contributed by atoms with Crippen molar-refractivity contribution in [1.82, 2.24) is 19.2 Å². The minimum absolute atomic E-state index is 0.133. The smallest absolute Gasteiger partial charge is 0.350 e. The number of nitrogens with one attached hydrogen (secondary N) is 1. The number of ether oxygens (including phenoxy) is 3. The molecule has 5 N–H and O–H groups in total. The summed E-state index contributed by atoms with van der Waals surface area (Å²) in [5.74, 6) is 0.157. The predicted molar refractivity (Wildman–Crippen MR) is 240 cm³/mol. The molecule has 16 nitrogen and oxygen atoms in total. The summed E-state index contributed by atoms with van der Waals surface area (Å²) in [6, 6.07) is 20.4. The van der Waals surface area contributed by atoms with E-state index >= 15 is 0 Å². The van der Waals surface area contributed by atoms with E-state index < -0.39 is 29.8 Å². The Balaban J connectivity index is 0.900. The first kappa shape index (κ1) is 44.6. The number of rotatable bonds is 16. The maximum Gasteiger partial charge on any atom is 0.350 e. The van der Waals surface area contributed by atoms with Gasteiger partial charge in [0.25, 0.3) is 6.34 Å². The monoisotopic (exact) mass is 889 g/mol. The lowest BCUT2D eigenvalue weighted by Gasteiger charge is -2.37. The third-order valence-corrected chi connectivity index (χ3v) is 12.6. The molecule has 0 radical (unpaired) electrons. The maximum atomic E-state index is 13.6. The van der Waals surface area contributed by atoms with Crippen LogP contribution in [0.5, 0.6) is 5.75 Å². The van der Waals surface area contributed by atoms with Crippen molar-refractivity contribution in [2.24, 2.45) is 22.4 Å². The number of carbonyl (C=O) groups excluding carboxylic acids is 2. The van der Waals surface area contributed by atoms with E-state index in [1.54, 1.807) is 13.0 Å². The number of hydrogen-bond donors (Lipinski definition) is 3. The number of piperazine rings is 1. The molecule has 3 aromatic carbocycles. The molecule has 3 aliphatic rings. The van der Waals surface area contributed by atoms with Gasteiger partial charge in [0.15, 0.2) is 0 Å². The number of hydrogen-bond acceptors (Lipinski definition) is 10. The topological polar surface area (TPSA) is 190 Å². The van der Waals surface area contributed by atoms with Gasteiger partial charge < -0.3 is 40.4 Å². The van der Waals surface area contributed by atoms with Crippen LogP contribution in [0.15, 0.2) is 82.8 Å². The lowest BCUT2D eigenvalue weighted by Crippen LogP contribution is -2.74. The Morgan fingerprint density at radius 1 is 1.02 bits per heavy atom. The van der Waals surface area contributed by atoms with Gasteiger partial charge in [0.1, 0.15) is 36.4 Å². The number of aromatic nitrogens is 3. The van der Waals surface area contributed by atoms with Gasteiger partial charge in [-0.25, -0.2) is 18.8 Å².